The van der Waals surface area contributed by atoms with Crippen molar-refractivity contribution in [3.63, 3.8) is 0 Å². The average molecular weight is 271 g/mol. The molecule has 5 heteroatoms. The summed E-state index contributed by atoms with van der Waals surface area (Å²) in [6.45, 7) is 0. The van der Waals surface area contributed by atoms with Crippen LogP contribution in [0, 0.1) is 0 Å². The van der Waals surface area contributed by atoms with E-state index >= 15 is 0 Å². The van der Waals surface area contributed by atoms with E-state index in [1.165, 1.54) is 25.5 Å². The smallest absolute Gasteiger partial charge is 0.337 e. The highest BCUT2D eigenvalue weighted by atomic mass is 16.5. The predicted molar refractivity (Wildman–Crippen MR) is 75.3 cm³/mol. The molecule has 0 amide bonds. The van der Waals surface area contributed by atoms with Crippen LogP contribution < -0.4 is 4.74 Å². The van der Waals surface area contributed by atoms with E-state index in [4.69, 9.17) is 9.84 Å². The summed E-state index contributed by atoms with van der Waals surface area (Å²) < 4.78 is 5.06. The molecule has 0 aromatic heterocycles. The first-order valence-corrected chi connectivity index (χ1v) is 5.85. The number of carboxylic acid groups (broad SMARTS) is 1. The molecule has 0 radical (unpaired) electrons. The third-order valence-electron chi connectivity index (χ3n) is 2.71. The van der Waals surface area contributed by atoms with Gasteiger partial charge in [-0.05, 0) is 30.3 Å². The van der Waals surface area contributed by atoms with Crippen LogP contribution in [0.25, 0.3) is 0 Å². The second-order valence-corrected chi connectivity index (χ2v) is 4.01. The van der Waals surface area contributed by atoms with Crippen LogP contribution in [0.3, 0.4) is 0 Å². The molecule has 2 aromatic rings. The number of phenolic OH excluding ortho intramolecular Hbond substituents is 1. The molecule has 0 saturated heterocycles. The summed E-state index contributed by atoms with van der Waals surface area (Å²) in [6, 6.07) is 11.1. The van der Waals surface area contributed by atoms with Gasteiger partial charge in [-0.2, -0.15) is 0 Å². The van der Waals surface area contributed by atoms with E-state index in [0.717, 1.165) is 0 Å². The number of hydrogen-bond donors (Lipinski definition) is 2. The minimum absolute atomic E-state index is 0.0438. The van der Waals surface area contributed by atoms with Crippen molar-refractivity contribution in [3.8, 4) is 11.5 Å². The van der Waals surface area contributed by atoms with Crippen molar-refractivity contribution in [2.75, 3.05) is 7.11 Å². The summed E-state index contributed by atoms with van der Waals surface area (Å²) >= 11 is 0. The van der Waals surface area contributed by atoms with Gasteiger partial charge in [0, 0.05) is 11.8 Å². The topological polar surface area (TPSA) is 79.1 Å². The molecule has 2 aromatic carbocycles. The van der Waals surface area contributed by atoms with Gasteiger partial charge in [-0.3, -0.25) is 4.99 Å². The molecular formula is C15H13NO4. The van der Waals surface area contributed by atoms with Crippen molar-refractivity contribution < 1.29 is 19.7 Å². The summed E-state index contributed by atoms with van der Waals surface area (Å²) in [5.74, 6) is -0.425. The first-order chi connectivity index (χ1) is 9.61. The number of benzene rings is 2. The Morgan fingerprint density at radius 2 is 2.00 bits per heavy atom. The van der Waals surface area contributed by atoms with Gasteiger partial charge in [0.2, 0.25) is 0 Å². The number of para-hydroxylation sites is 1. The van der Waals surface area contributed by atoms with Gasteiger partial charge in [0.25, 0.3) is 0 Å². The Labute approximate surface area is 115 Å². The third-order valence-corrected chi connectivity index (χ3v) is 2.71. The van der Waals surface area contributed by atoms with Crippen LogP contribution in [-0.4, -0.2) is 29.5 Å². The third kappa shape index (κ3) is 2.95. The lowest BCUT2D eigenvalue weighted by Crippen LogP contribution is -1.96. The predicted octanol–water partition coefficient (Wildman–Crippen LogP) is 2.85. The van der Waals surface area contributed by atoms with Crippen LogP contribution in [0.5, 0.6) is 11.5 Å². The molecule has 0 atom stereocenters. The largest absolute Gasteiger partial charge is 0.507 e. The number of carbonyl (C=O) groups is 1. The molecule has 0 saturated carbocycles. The van der Waals surface area contributed by atoms with E-state index in [1.807, 2.05) is 0 Å². The second-order valence-electron chi connectivity index (χ2n) is 4.01. The summed E-state index contributed by atoms with van der Waals surface area (Å²) in [5.41, 5.74) is 0.873. The SMILES string of the molecule is COc1ccc(O)c(/C=N/c2ccccc2C(=O)O)c1. The van der Waals surface area contributed by atoms with E-state index in [9.17, 15) is 9.90 Å². The van der Waals surface area contributed by atoms with Crippen LogP contribution in [0.4, 0.5) is 5.69 Å². The minimum Gasteiger partial charge on any atom is -0.507 e. The molecule has 0 aliphatic heterocycles. The molecule has 0 heterocycles. The molecule has 2 rings (SSSR count). The first-order valence-electron chi connectivity index (χ1n) is 5.85. The Kier molecular flexibility index (Phi) is 4.00. The van der Waals surface area contributed by atoms with Gasteiger partial charge >= 0.3 is 5.97 Å². The molecule has 5 nitrogen and oxygen atoms in total. The van der Waals surface area contributed by atoms with Gasteiger partial charge in [0.15, 0.2) is 0 Å². The van der Waals surface area contributed by atoms with Gasteiger partial charge in [0.05, 0.1) is 18.4 Å². The molecule has 2 N–H and O–H groups in total. The lowest BCUT2D eigenvalue weighted by molar-refractivity contribution is 0.0698. The molecule has 0 unspecified atom stereocenters. The van der Waals surface area contributed by atoms with Crippen LogP contribution in [0.15, 0.2) is 47.5 Å². The van der Waals surface area contributed by atoms with E-state index in [-0.39, 0.29) is 11.3 Å². The number of aliphatic imine (C=N–C) groups is 1. The van der Waals surface area contributed by atoms with E-state index in [2.05, 4.69) is 4.99 Å². The maximum atomic E-state index is 11.1. The van der Waals surface area contributed by atoms with Gasteiger partial charge in [-0.1, -0.05) is 12.1 Å². The number of ether oxygens (including phenoxy) is 1. The number of phenols is 1. The van der Waals surface area contributed by atoms with Crippen LogP contribution in [-0.2, 0) is 0 Å². The monoisotopic (exact) mass is 271 g/mol. The standard InChI is InChI=1S/C15H13NO4/c1-20-11-6-7-14(17)10(8-11)9-16-13-5-3-2-4-12(13)15(18)19/h2-9,17H,1H3,(H,18,19)/b16-9+. The molecule has 0 spiro atoms. The zero-order chi connectivity index (χ0) is 14.5. The molecule has 0 bridgehead atoms. The van der Waals surface area contributed by atoms with Gasteiger partial charge < -0.3 is 14.9 Å². The Bertz CT molecular complexity index is 665. The highest BCUT2D eigenvalue weighted by molar-refractivity contribution is 5.95. The maximum absolute atomic E-state index is 11.1. The number of carboxylic acids is 1. The highest BCUT2D eigenvalue weighted by Crippen LogP contribution is 2.23. The molecule has 102 valence electrons. The lowest BCUT2D eigenvalue weighted by Gasteiger charge is -2.03. The van der Waals surface area contributed by atoms with Crippen molar-refractivity contribution in [1.82, 2.24) is 0 Å². The summed E-state index contributed by atoms with van der Waals surface area (Å²) in [7, 11) is 1.52. The lowest BCUT2D eigenvalue weighted by atomic mass is 10.1. The zero-order valence-corrected chi connectivity index (χ0v) is 10.8. The number of nitrogens with zero attached hydrogens (tertiary/aromatic N) is 1. The summed E-state index contributed by atoms with van der Waals surface area (Å²) in [6.07, 6.45) is 1.40. The van der Waals surface area contributed by atoms with E-state index in [0.29, 0.717) is 17.0 Å². The first kappa shape index (κ1) is 13.6. The fraction of sp³-hybridized carbons (Fsp3) is 0.0667. The minimum atomic E-state index is -1.05. The van der Waals surface area contributed by atoms with Crippen molar-refractivity contribution in [1.29, 1.82) is 0 Å². The Morgan fingerprint density at radius 1 is 1.25 bits per heavy atom. The molecular weight excluding hydrogens is 258 g/mol. The van der Waals surface area contributed by atoms with Gasteiger partial charge in [-0.25, -0.2) is 4.79 Å². The van der Waals surface area contributed by atoms with Crippen LogP contribution in [0.1, 0.15) is 15.9 Å². The average Bonchev–Trinajstić information content (AvgIpc) is 2.46. The number of aromatic carboxylic acids is 1. The quantitative estimate of drug-likeness (QED) is 0.838. The highest BCUT2D eigenvalue weighted by Gasteiger charge is 2.07. The molecule has 0 fully saturated rings. The van der Waals surface area contributed by atoms with Crippen molar-refractivity contribution in [2.24, 2.45) is 4.99 Å². The van der Waals surface area contributed by atoms with Crippen LogP contribution in [0.2, 0.25) is 0 Å². The number of rotatable bonds is 4. The molecule has 0 aliphatic carbocycles. The second kappa shape index (κ2) is 5.88. The maximum Gasteiger partial charge on any atom is 0.337 e. The number of aromatic hydroxyl groups is 1. The molecule has 20 heavy (non-hydrogen) atoms. The van der Waals surface area contributed by atoms with Crippen molar-refractivity contribution in [3.05, 3.63) is 53.6 Å². The summed E-state index contributed by atoms with van der Waals surface area (Å²) in [4.78, 5) is 15.2. The van der Waals surface area contributed by atoms with E-state index in [1.54, 1.807) is 30.3 Å². The Balaban J connectivity index is 2.37. The van der Waals surface area contributed by atoms with Crippen LogP contribution >= 0.6 is 0 Å². The fourth-order valence-corrected chi connectivity index (χ4v) is 1.67. The Hall–Kier alpha value is -2.82. The Morgan fingerprint density at radius 3 is 2.70 bits per heavy atom. The summed E-state index contributed by atoms with van der Waals surface area (Å²) in [5, 5.41) is 18.8. The normalized spacial score (nSPS) is 10.7. The van der Waals surface area contributed by atoms with Crippen molar-refractivity contribution >= 4 is 17.9 Å². The number of methoxy groups -OCH3 is 1. The van der Waals surface area contributed by atoms with Gasteiger partial charge in [0.1, 0.15) is 11.5 Å². The molecule has 0 aliphatic rings. The zero-order valence-electron chi connectivity index (χ0n) is 10.8. The number of hydrogen-bond acceptors (Lipinski definition) is 4. The fourth-order valence-electron chi connectivity index (χ4n) is 1.67. The van der Waals surface area contributed by atoms with E-state index < -0.39 is 5.97 Å². The van der Waals surface area contributed by atoms with Crippen molar-refractivity contribution in [2.45, 2.75) is 0 Å². The van der Waals surface area contributed by atoms with Gasteiger partial charge in [-0.15, -0.1) is 0 Å².